The summed E-state index contributed by atoms with van der Waals surface area (Å²) in [5.74, 6) is -8.98. The summed E-state index contributed by atoms with van der Waals surface area (Å²) in [6.45, 7) is -0.336. The summed E-state index contributed by atoms with van der Waals surface area (Å²) in [7, 11) is 41.1. The van der Waals surface area contributed by atoms with Gasteiger partial charge in [0, 0.05) is 22.7 Å². The van der Waals surface area contributed by atoms with Gasteiger partial charge < -0.3 is 15.0 Å². The molecule has 7 nitrogen and oxygen atoms in total. The smallest absolute Gasteiger partial charge is 0.349 e. The van der Waals surface area contributed by atoms with Crippen LogP contribution in [0.1, 0.15) is 27.0 Å². The van der Waals surface area contributed by atoms with Crippen LogP contribution in [0.25, 0.3) is 0 Å². The molecule has 0 saturated carbocycles. The molecule has 14 radical (unpaired) electrons. The van der Waals surface area contributed by atoms with Crippen molar-refractivity contribution in [2.24, 2.45) is 0 Å². The van der Waals surface area contributed by atoms with Gasteiger partial charge in [-0.25, -0.2) is 0 Å². The SMILES string of the molecule is [B]N1C(=O)C(N2Cc3cc(C([B])([B])NC(=O)C(F)(F)c4ccc(Cl)cc4)ccc3C2=O)C([B])([B])C([B])([B])C1=O. The molecule has 180 valence electrons. The predicted molar refractivity (Wildman–Crippen MR) is 143 cm³/mol. The van der Waals surface area contributed by atoms with Crippen LogP contribution in [0.4, 0.5) is 8.78 Å². The van der Waals surface area contributed by atoms with Crippen molar-refractivity contribution in [1.29, 1.82) is 0 Å². The number of benzene rings is 2. The number of fused-ring (bicyclic) bond motifs is 1. The molecule has 1 saturated heterocycles. The van der Waals surface area contributed by atoms with Gasteiger partial charge in [-0.1, -0.05) is 41.1 Å². The number of nitrogens with zero attached hydrogens (tertiary/aromatic N) is 2. The summed E-state index contributed by atoms with van der Waals surface area (Å²) in [4.78, 5) is 51.8. The van der Waals surface area contributed by atoms with Gasteiger partial charge in [-0.3, -0.25) is 19.2 Å². The van der Waals surface area contributed by atoms with Crippen molar-refractivity contribution in [3.63, 3.8) is 0 Å². The Morgan fingerprint density at radius 1 is 1.00 bits per heavy atom. The molecule has 2 heterocycles. The second-order valence-electron chi connectivity index (χ2n) is 9.43. The zero-order valence-electron chi connectivity index (χ0n) is 20.0. The molecule has 0 aliphatic carbocycles. The number of halogens is 3. The average molecular weight is 530 g/mol. The summed E-state index contributed by atoms with van der Waals surface area (Å²) in [5, 5.41) is -5.21. The number of carbonyl (C=O) groups is 4. The molecule has 4 amide bonds. The molecule has 1 unspecified atom stereocenters. The van der Waals surface area contributed by atoms with E-state index in [2.05, 4.69) is 0 Å². The van der Waals surface area contributed by atoms with Gasteiger partial charge in [0.25, 0.3) is 11.8 Å². The highest BCUT2D eigenvalue weighted by atomic mass is 35.5. The highest BCUT2D eigenvalue weighted by Crippen LogP contribution is 2.52. The molecule has 2 aliphatic rings. The maximum Gasteiger partial charge on any atom is 0.349 e. The molecule has 2 aromatic rings. The number of imide groups is 1. The number of alkyl halides is 2. The van der Waals surface area contributed by atoms with Crippen LogP contribution in [0.15, 0.2) is 42.5 Å². The van der Waals surface area contributed by atoms with Gasteiger partial charge in [0.05, 0.1) is 47.1 Å². The molecule has 39 heavy (non-hydrogen) atoms. The summed E-state index contributed by atoms with van der Waals surface area (Å²) in [5.41, 5.74) is -0.472. The third-order valence-electron chi connectivity index (χ3n) is 6.75. The van der Waals surface area contributed by atoms with Crippen LogP contribution < -0.4 is 5.32 Å². The van der Waals surface area contributed by atoms with Crippen LogP contribution >= 0.6 is 11.6 Å². The van der Waals surface area contributed by atoms with E-state index in [9.17, 15) is 28.0 Å². The summed E-state index contributed by atoms with van der Waals surface area (Å²) in [6, 6.07) is 6.28. The van der Waals surface area contributed by atoms with Crippen molar-refractivity contribution >= 4 is 90.3 Å². The molecular formula is C22H11B7ClF2N3O4. The zero-order valence-corrected chi connectivity index (χ0v) is 20.8. The van der Waals surface area contributed by atoms with Gasteiger partial charge in [0.1, 0.15) is 6.04 Å². The number of piperidine rings is 1. The molecule has 0 spiro atoms. The maximum atomic E-state index is 14.8. The van der Waals surface area contributed by atoms with E-state index >= 15 is 0 Å². The molecule has 1 fully saturated rings. The Kier molecular flexibility index (Phi) is 6.98. The van der Waals surface area contributed by atoms with Gasteiger partial charge in [-0.05, 0) is 39.9 Å². The standard InChI is InChI=1S/C22H11B7ClF2N3O4/c23-20(24)14(16(37)35(29)18(39)21(20,25)26)34-8-9-7-11(3-6-13(9)15(34)36)22(27,28)33-17(38)19(31,32)10-1-4-12(30)5-2-10/h1-7,14H,8H2,(H,33,38). The van der Waals surface area contributed by atoms with Crippen LogP contribution in [0, 0.1) is 0 Å². The van der Waals surface area contributed by atoms with Crippen LogP contribution in [0.2, 0.25) is 15.5 Å². The minimum atomic E-state index is -4.02. The second-order valence-corrected chi connectivity index (χ2v) is 9.86. The fourth-order valence-electron chi connectivity index (χ4n) is 4.38. The van der Waals surface area contributed by atoms with Crippen LogP contribution in [0.5, 0.6) is 0 Å². The fourth-order valence-corrected chi connectivity index (χ4v) is 4.50. The number of nitrogens with one attached hydrogen (secondary N) is 1. The topological polar surface area (TPSA) is 86.8 Å². The summed E-state index contributed by atoms with van der Waals surface area (Å²) >= 11 is 5.71. The zero-order chi connectivity index (χ0) is 29.3. The Labute approximate surface area is 237 Å². The third-order valence-corrected chi connectivity index (χ3v) is 7.00. The molecule has 1 N–H and O–H groups in total. The Morgan fingerprint density at radius 3 is 2.15 bits per heavy atom. The van der Waals surface area contributed by atoms with Crippen molar-refractivity contribution in [1.82, 2.24) is 15.0 Å². The van der Waals surface area contributed by atoms with Crippen LogP contribution in [-0.4, -0.2) is 94.4 Å². The Morgan fingerprint density at radius 2 is 1.56 bits per heavy atom. The Hall–Kier alpha value is -2.88. The van der Waals surface area contributed by atoms with Crippen molar-refractivity contribution in [2.75, 3.05) is 0 Å². The fraction of sp³-hybridized carbons (Fsp3) is 0.273. The highest BCUT2D eigenvalue weighted by molar-refractivity contribution is 6.65. The number of carbonyl (C=O) groups excluding carboxylic acids is 4. The highest BCUT2D eigenvalue weighted by Gasteiger charge is 2.58. The van der Waals surface area contributed by atoms with E-state index < -0.39 is 56.9 Å². The van der Waals surface area contributed by atoms with E-state index in [0.29, 0.717) is 0 Å². The third kappa shape index (κ3) is 4.54. The number of rotatable bonds is 5. The molecule has 17 heteroatoms. The molecule has 0 aromatic heterocycles. The lowest BCUT2D eigenvalue weighted by atomic mass is 9.26. The van der Waals surface area contributed by atoms with Gasteiger partial charge in [0.15, 0.2) is 0 Å². The van der Waals surface area contributed by atoms with Crippen molar-refractivity contribution < 1.29 is 28.0 Å². The van der Waals surface area contributed by atoms with E-state index in [1.54, 1.807) is 0 Å². The largest absolute Gasteiger partial charge is 0.358 e. The summed E-state index contributed by atoms with van der Waals surface area (Å²) < 4.78 is 29.5. The monoisotopic (exact) mass is 531 g/mol. The van der Waals surface area contributed by atoms with E-state index in [0.717, 1.165) is 17.0 Å². The van der Waals surface area contributed by atoms with Crippen LogP contribution in [0.3, 0.4) is 0 Å². The number of hydrogen-bond donors (Lipinski definition) is 1. The van der Waals surface area contributed by atoms with Crippen molar-refractivity contribution in [3.05, 3.63) is 69.7 Å². The number of amides is 4. The molecular weight excluding hydrogens is 519 g/mol. The number of hydrogen-bond acceptors (Lipinski definition) is 4. The second kappa shape index (κ2) is 9.35. The van der Waals surface area contributed by atoms with Crippen molar-refractivity contribution in [2.45, 2.75) is 34.3 Å². The molecule has 1 atom stereocenters. The lowest BCUT2D eigenvalue weighted by Crippen LogP contribution is -2.67. The van der Waals surface area contributed by atoms with E-state index in [4.69, 9.17) is 66.7 Å². The average Bonchev–Trinajstić information content (AvgIpc) is 3.17. The lowest BCUT2D eigenvalue weighted by Gasteiger charge is -2.55. The quantitative estimate of drug-likeness (QED) is 0.413. The minimum absolute atomic E-state index is 0.0380. The normalized spacial score (nSPS) is 20.6. The lowest BCUT2D eigenvalue weighted by molar-refractivity contribution is -0.148. The Bertz CT molecular complexity index is 1410. The van der Waals surface area contributed by atoms with Crippen molar-refractivity contribution in [3.8, 4) is 0 Å². The summed E-state index contributed by atoms with van der Waals surface area (Å²) in [6.07, 6.45) is 0. The molecule has 4 rings (SSSR count). The van der Waals surface area contributed by atoms with E-state index in [1.165, 1.54) is 30.3 Å². The molecule has 0 bridgehead atoms. The van der Waals surface area contributed by atoms with Gasteiger partial charge in [0.2, 0.25) is 19.8 Å². The minimum Gasteiger partial charge on any atom is -0.358 e. The molecule has 2 aliphatic heterocycles. The maximum absolute atomic E-state index is 14.8. The van der Waals surface area contributed by atoms with Gasteiger partial charge in [-0.2, -0.15) is 8.78 Å². The van der Waals surface area contributed by atoms with Gasteiger partial charge >= 0.3 is 5.92 Å². The first-order chi connectivity index (χ1) is 17.8. The first kappa shape index (κ1) is 29.1. The van der Waals surface area contributed by atoms with E-state index in [-0.39, 0.29) is 33.1 Å². The first-order valence-electron chi connectivity index (χ1n) is 11.1. The predicted octanol–water partition coefficient (Wildman–Crippen LogP) is -0.621. The van der Waals surface area contributed by atoms with E-state index in [1.807, 2.05) is 5.32 Å². The van der Waals surface area contributed by atoms with Gasteiger partial charge in [-0.15, -0.1) is 0 Å². The first-order valence-corrected chi connectivity index (χ1v) is 11.5. The Balaban J connectivity index is 1.61. The molecule has 2 aromatic carbocycles. The van der Waals surface area contributed by atoms with Crippen LogP contribution in [-0.2, 0) is 32.2 Å².